The Bertz CT molecular complexity index is 370. The number of nitrogens with two attached hydrogens (primary N) is 1. The second-order valence-corrected chi connectivity index (χ2v) is 3.00. The lowest BCUT2D eigenvalue weighted by molar-refractivity contribution is 0.823. The second kappa shape index (κ2) is 2.63. The Morgan fingerprint density at radius 1 is 1.42 bits per heavy atom. The fraction of sp³-hybridized carbons (Fsp3) is 0.167. The van der Waals surface area contributed by atoms with Gasteiger partial charge in [0.2, 0.25) is 0 Å². The average molecular weight is 181 g/mol. The van der Waals surface area contributed by atoms with E-state index in [2.05, 4.69) is 15.0 Å². The van der Waals surface area contributed by atoms with Gasteiger partial charge in [-0.05, 0) is 6.26 Å². The van der Waals surface area contributed by atoms with Gasteiger partial charge in [0.05, 0.1) is 0 Å². The fourth-order valence-electron chi connectivity index (χ4n) is 0.999. The molecule has 2 N–H and O–H groups in total. The zero-order valence-electron chi connectivity index (χ0n) is 6.43. The molecule has 62 valence electrons. The maximum absolute atomic E-state index is 5.62. The highest BCUT2D eigenvalue weighted by Crippen LogP contribution is 2.24. The molecular weight excluding hydrogens is 174 g/mol. The minimum Gasteiger partial charge on any atom is -0.337 e. The highest BCUT2D eigenvalue weighted by Gasteiger charge is 2.13. The summed E-state index contributed by atoms with van der Waals surface area (Å²) in [6.45, 7) is 0. The number of nitrogen functional groups attached to an aromatic ring is 1. The first-order valence-corrected chi connectivity index (χ1v) is 4.52. The maximum atomic E-state index is 5.62. The van der Waals surface area contributed by atoms with Crippen LogP contribution in [0.5, 0.6) is 0 Å². The first kappa shape index (κ1) is 7.35. The molecule has 2 aliphatic heterocycles. The van der Waals surface area contributed by atoms with Crippen LogP contribution in [0.4, 0.5) is 0 Å². The third kappa shape index (κ3) is 0.918. The first-order chi connectivity index (χ1) is 5.83. The minimum absolute atomic E-state index is 0.640. The van der Waals surface area contributed by atoms with Gasteiger partial charge >= 0.3 is 0 Å². The molecule has 0 amide bonds. The van der Waals surface area contributed by atoms with Crippen LogP contribution in [-0.4, -0.2) is 25.9 Å². The largest absolute Gasteiger partial charge is 0.337 e. The van der Waals surface area contributed by atoms with Crippen molar-refractivity contribution < 1.29 is 0 Å². The van der Waals surface area contributed by atoms with E-state index in [1.807, 2.05) is 6.26 Å². The third-order valence-electron chi connectivity index (χ3n) is 1.51. The summed E-state index contributed by atoms with van der Waals surface area (Å²) in [5, 5.41) is 0.873. The molecule has 0 aromatic heterocycles. The summed E-state index contributed by atoms with van der Waals surface area (Å²) in [5.74, 6) is 6.26. The number of imidazole rings is 1. The normalized spacial score (nSPS) is 10.8. The van der Waals surface area contributed by atoms with E-state index in [0.717, 1.165) is 10.7 Å². The van der Waals surface area contributed by atoms with Gasteiger partial charge in [-0.25, -0.2) is 19.6 Å². The van der Waals surface area contributed by atoms with E-state index in [9.17, 15) is 0 Å². The van der Waals surface area contributed by atoms with Gasteiger partial charge in [0.15, 0.2) is 5.82 Å². The molecule has 6 heteroatoms. The van der Waals surface area contributed by atoms with E-state index < -0.39 is 0 Å². The molecule has 0 aliphatic carbocycles. The minimum atomic E-state index is 0.640. The van der Waals surface area contributed by atoms with Gasteiger partial charge in [-0.15, -0.1) is 11.8 Å². The monoisotopic (exact) mass is 181 g/mol. The number of thioether (sulfide) groups is 1. The van der Waals surface area contributed by atoms with Gasteiger partial charge in [0.1, 0.15) is 23.4 Å². The highest BCUT2D eigenvalue weighted by atomic mass is 32.2. The van der Waals surface area contributed by atoms with Crippen molar-refractivity contribution in [3.63, 3.8) is 0 Å². The first-order valence-electron chi connectivity index (χ1n) is 3.30. The molecule has 0 saturated heterocycles. The molecule has 5 nitrogen and oxygen atoms in total. The van der Waals surface area contributed by atoms with Crippen LogP contribution < -0.4 is 5.84 Å². The summed E-state index contributed by atoms with van der Waals surface area (Å²) in [7, 11) is 0. The van der Waals surface area contributed by atoms with Gasteiger partial charge in [0, 0.05) is 0 Å². The van der Waals surface area contributed by atoms with Gasteiger partial charge in [0.25, 0.3) is 0 Å². The van der Waals surface area contributed by atoms with E-state index in [0.29, 0.717) is 5.82 Å². The fourth-order valence-corrected chi connectivity index (χ4v) is 1.59. The summed E-state index contributed by atoms with van der Waals surface area (Å²) in [6.07, 6.45) is 4.95. The zero-order chi connectivity index (χ0) is 8.55. The predicted octanol–water partition coefficient (Wildman–Crippen LogP) is 0.214. The summed E-state index contributed by atoms with van der Waals surface area (Å²) in [6, 6.07) is 0. The Labute approximate surface area is 73.3 Å². The molecule has 2 rings (SSSR count). The van der Waals surface area contributed by atoms with Gasteiger partial charge in [-0.1, -0.05) is 0 Å². The van der Waals surface area contributed by atoms with Crippen LogP contribution in [0.15, 0.2) is 17.7 Å². The van der Waals surface area contributed by atoms with Crippen LogP contribution in [0.25, 0.3) is 11.5 Å². The van der Waals surface area contributed by atoms with Crippen LogP contribution in [0.2, 0.25) is 0 Å². The van der Waals surface area contributed by atoms with Crippen molar-refractivity contribution in [2.45, 2.75) is 5.03 Å². The topological polar surface area (TPSA) is 69.6 Å². The number of rotatable bonds is 1. The van der Waals surface area contributed by atoms with Crippen molar-refractivity contribution in [1.82, 2.24) is 19.6 Å². The number of hydrogen-bond donors (Lipinski definition) is 1. The Balaban J connectivity index is 2.73. The summed E-state index contributed by atoms with van der Waals surface area (Å²) in [4.78, 5) is 12.0. The predicted molar refractivity (Wildman–Crippen MR) is 46.4 cm³/mol. The van der Waals surface area contributed by atoms with Crippen LogP contribution in [-0.2, 0) is 0 Å². The van der Waals surface area contributed by atoms with E-state index in [1.165, 1.54) is 29.1 Å². The number of fused-ring (bicyclic) bond motifs is 1. The smallest absolute Gasteiger partial charge is 0.184 e. The Hall–Kier alpha value is -1.30. The van der Waals surface area contributed by atoms with E-state index >= 15 is 0 Å². The number of aromatic nitrogens is 4. The molecule has 0 saturated carbocycles. The Morgan fingerprint density at radius 2 is 2.25 bits per heavy atom. The molecule has 0 radical (unpaired) electrons. The summed E-state index contributed by atoms with van der Waals surface area (Å²) < 4.78 is 1.45. The Morgan fingerprint density at radius 3 is 3.00 bits per heavy atom. The Kier molecular flexibility index (Phi) is 1.61. The average Bonchev–Trinajstić information content (AvgIpc) is 2.52. The van der Waals surface area contributed by atoms with Crippen molar-refractivity contribution in [2.75, 3.05) is 12.1 Å². The lowest BCUT2D eigenvalue weighted by atomic mass is 10.4. The van der Waals surface area contributed by atoms with Crippen molar-refractivity contribution in [1.29, 1.82) is 0 Å². The standard InChI is InChI=1S/C6H7N5S/c1-12-6-4-5(9-2-8-4)10-3-11(6)7/h2-3H,7H2,1H3. The lowest BCUT2D eigenvalue weighted by Crippen LogP contribution is -2.13. The van der Waals surface area contributed by atoms with Crippen molar-refractivity contribution in [3.05, 3.63) is 12.7 Å². The molecule has 0 aromatic rings. The van der Waals surface area contributed by atoms with Gasteiger partial charge in [-0.3, -0.25) is 0 Å². The molecule has 0 unspecified atom stereocenters. The quantitative estimate of drug-likeness (QED) is 0.387. The van der Waals surface area contributed by atoms with E-state index in [4.69, 9.17) is 5.84 Å². The summed E-state index contributed by atoms with van der Waals surface area (Å²) >= 11 is 1.52. The molecular formula is C6H7N5S. The van der Waals surface area contributed by atoms with Gasteiger partial charge in [-0.2, -0.15) is 0 Å². The highest BCUT2D eigenvalue weighted by molar-refractivity contribution is 7.98. The molecule has 0 aromatic carbocycles. The van der Waals surface area contributed by atoms with Gasteiger partial charge < -0.3 is 5.84 Å². The van der Waals surface area contributed by atoms with Crippen LogP contribution in [0, 0.1) is 0 Å². The lowest BCUT2D eigenvalue weighted by Gasteiger charge is -2.07. The third-order valence-corrected chi connectivity index (χ3v) is 2.30. The molecule has 0 bridgehead atoms. The van der Waals surface area contributed by atoms with Crippen molar-refractivity contribution in [3.8, 4) is 11.5 Å². The maximum Gasteiger partial charge on any atom is 0.184 e. The van der Waals surface area contributed by atoms with Crippen molar-refractivity contribution in [2.24, 2.45) is 0 Å². The summed E-state index contributed by atoms with van der Waals surface area (Å²) in [5.41, 5.74) is 0.757. The molecule has 0 atom stereocenters. The molecule has 2 heterocycles. The number of nitrogens with zero attached hydrogens (tertiary/aromatic N) is 4. The van der Waals surface area contributed by atoms with Crippen LogP contribution in [0.1, 0.15) is 0 Å². The molecule has 0 fully saturated rings. The van der Waals surface area contributed by atoms with Crippen LogP contribution >= 0.6 is 11.8 Å². The van der Waals surface area contributed by atoms with Crippen LogP contribution in [0.3, 0.4) is 0 Å². The molecule has 0 spiro atoms. The number of hydrogen-bond acceptors (Lipinski definition) is 5. The molecule has 2 aliphatic rings. The van der Waals surface area contributed by atoms with Crippen molar-refractivity contribution >= 4 is 11.8 Å². The second-order valence-electron chi connectivity index (χ2n) is 2.21. The molecule has 12 heavy (non-hydrogen) atoms. The van der Waals surface area contributed by atoms with E-state index in [-0.39, 0.29) is 0 Å². The van der Waals surface area contributed by atoms with E-state index in [1.54, 1.807) is 0 Å². The SMILES string of the molecule is CSc1c2ncnc-2ncn1N. The zero-order valence-corrected chi connectivity index (χ0v) is 7.25.